The van der Waals surface area contributed by atoms with Crippen LogP contribution >= 0.6 is 0 Å². The second-order valence-corrected chi connectivity index (χ2v) is 8.38. The first-order valence-corrected chi connectivity index (χ1v) is 8.88. The van der Waals surface area contributed by atoms with E-state index in [9.17, 15) is 9.90 Å². The first-order chi connectivity index (χ1) is 10.2. The van der Waals surface area contributed by atoms with Crippen molar-refractivity contribution in [2.75, 3.05) is 0 Å². The van der Waals surface area contributed by atoms with E-state index >= 15 is 0 Å². The van der Waals surface area contributed by atoms with E-state index < -0.39 is 5.60 Å². The van der Waals surface area contributed by atoms with E-state index in [1.165, 1.54) is 0 Å². The Kier molecular flexibility index (Phi) is 5.41. The Balaban J connectivity index is 2.17. The summed E-state index contributed by atoms with van der Waals surface area (Å²) in [5.74, 6) is 0.824. The van der Waals surface area contributed by atoms with E-state index in [-0.39, 0.29) is 30.2 Å². The van der Waals surface area contributed by atoms with Crippen molar-refractivity contribution in [3.63, 3.8) is 0 Å². The highest BCUT2D eigenvalue weighted by atomic mass is 16.6. The maximum Gasteiger partial charge on any atom is 0.410 e. The van der Waals surface area contributed by atoms with Crippen molar-refractivity contribution in [2.45, 2.75) is 96.9 Å². The third-order valence-corrected chi connectivity index (χ3v) is 5.18. The molecule has 1 aliphatic heterocycles. The van der Waals surface area contributed by atoms with Gasteiger partial charge < -0.3 is 14.7 Å². The molecule has 0 aromatic rings. The Bertz CT molecular complexity index is 390. The van der Waals surface area contributed by atoms with Gasteiger partial charge in [-0.25, -0.2) is 4.79 Å². The summed E-state index contributed by atoms with van der Waals surface area (Å²) in [5, 5.41) is 10.5. The number of carbonyl (C=O) groups excluding carboxylic acids is 1. The molecule has 1 amide bonds. The maximum atomic E-state index is 12.7. The van der Waals surface area contributed by atoms with Gasteiger partial charge in [-0.05, 0) is 72.1 Å². The summed E-state index contributed by atoms with van der Waals surface area (Å²) < 4.78 is 5.64. The van der Waals surface area contributed by atoms with Gasteiger partial charge in [-0.15, -0.1) is 0 Å². The molecule has 0 aromatic heterocycles. The van der Waals surface area contributed by atoms with Crippen LogP contribution in [0.3, 0.4) is 0 Å². The standard InChI is InChI=1S/C18H33NO3/c1-12-9-10-16(20)14(11-12)15-8-6-7-13(2)19(15)17(21)22-18(3,4)5/h12-16,20H,6-11H2,1-5H3. The van der Waals surface area contributed by atoms with Gasteiger partial charge in [0.05, 0.1) is 6.10 Å². The average molecular weight is 311 g/mol. The van der Waals surface area contributed by atoms with Crippen molar-refractivity contribution in [1.82, 2.24) is 4.90 Å². The molecule has 4 nitrogen and oxygen atoms in total. The van der Waals surface area contributed by atoms with Crippen molar-refractivity contribution in [3.05, 3.63) is 0 Å². The smallest absolute Gasteiger partial charge is 0.410 e. The van der Waals surface area contributed by atoms with Gasteiger partial charge in [-0.2, -0.15) is 0 Å². The van der Waals surface area contributed by atoms with E-state index in [0.717, 1.165) is 38.5 Å². The van der Waals surface area contributed by atoms with Gasteiger partial charge in [0.25, 0.3) is 0 Å². The minimum absolute atomic E-state index is 0.122. The molecular formula is C18H33NO3. The predicted molar refractivity (Wildman–Crippen MR) is 87.7 cm³/mol. The van der Waals surface area contributed by atoms with Crippen LogP contribution in [0, 0.1) is 11.8 Å². The first-order valence-electron chi connectivity index (χ1n) is 8.88. The zero-order chi connectivity index (χ0) is 16.5. The van der Waals surface area contributed by atoms with E-state index in [0.29, 0.717) is 5.92 Å². The van der Waals surface area contributed by atoms with Crippen LogP contribution in [0.15, 0.2) is 0 Å². The first kappa shape index (κ1) is 17.6. The number of piperidine rings is 1. The number of aliphatic hydroxyl groups is 1. The van der Waals surface area contributed by atoms with Crippen LogP contribution in [0.2, 0.25) is 0 Å². The number of nitrogens with zero attached hydrogens (tertiary/aromatic N) is 1. The van der Waals surface area contributed by atoms with E-state index in [1.54, 1.807) is 0 Å². The largest absolute Gasteiger partial charge is 0.444 e. The van der Waals surface area contributed by atoms with Crippen LogP contribution in [0.4, 0.5) is 4.79 Å². The fraction of sp³-hybridized carbons (Fsp3) is 0.944. The predicted octanol–water partition coefficient (Wildman–Crippen LogP) is 3.96. The van der Waals surface area contributed by atoms with Crippen LogP contribution in [-0.4, -0.2) is 39.9 Å². The van der Waals surface area contributed by atoms with Crippen molar-refractivity contribution >= 4 is 6.09 Å². The molecule has 0 bridgehead atoms. The molecule has 2 fully saturated rings. The van der Waals surface area contributed by atoms with Crippen LogP contribution in [0.25, 0.3) is 0 Å². The van der Waals surface area contributed by atoms with Gasteiger partial charge in [-0.1, -0.05) is 6.92 Å². The third-order valence-electron chi connectivity index (χ3n) is 5.18. The molecule has 2 aliphatic rings. The number of likely N-dealkylation sites (tertiary alicyclic amines) is 1. The van der Waals surface area contributed by atoms with Gasteiger partial charge in [0.15, 0.2) is 0 Å². The number of hydrogen-bond donors (Lipinski definition) is 1. The highest BCUT2D eigenvalue weighted by Crippen LogP contribution is 2.38. The molecule has 1 heterocycles. The van der Waals surface area contributed by atoms with Gasteiger partial charge in [0.2, 0.25) is 0 Å². The summed E-state index contributed by atoms with van der Waals surface area (Å²) >= 11 is 0. The minimum atomic E-state index is -0.475. The topological polar surface area (TPSA) is 49.8 Å². The van der Waals surface area contributed by atoms with Crippen LogP contribution < -0.4 is 0 Å². The fourth-order valence-corrected chi connectivity index (χ4v) is 4.10. The quantitative estimate of drug-likeness (QED) is 0.797. The van der Waals surface area contributed by atoms with Crippen LogP contribution in [-0.2, 0) is 4.74 Å². The van der Waals surface area contributed by atoms with Crippen molar-refractivity contribution < 1.29 is 14.6 Å². The lowest BCUT2D eigenvalue weighted by atomic mass is 9.73. The molecule has 0 aromatic carbocycles. The highest BCUT2D eigenvalue weighted by molar-refractivity contribution is 5.69. The molecule has 1 aliphatic carbocycles. The number of aliphatic hydroxyl groups excluding tert-OH is 1. The molecule has 1 saturated carbocycles. The molecule has 5 unspecified atom stereocenters. The van der Waals surface area contributed by atoms with Crippen LogP contribution in [0.1, 0.15) is 73.1 Å². The lowest BCUT2D eigenvalue weighted by molar-refractivity contribution is -0.0466. The lowest BCUT2D eigenvalue weighted by Crippen LogP contribution is -2.56. The van der Waals surface area contributed by atoms with Gasteiger partial charge >= 0.3 is 6.09 Å². The summed E-state index contributed by atoms with van der Waals surface area (Å²) in [7, 11) is 0. The molecule has 1 saturated heterocycles. The summed E-state index contributed by atoms with van der Waals surface area (Å²) in [4.78, 5) is 14.6. The van der Waals surface area contributed by atoms with Gasteiger partial charge in [0.1, 0.15) is 5.60 Å². The van der Waals surface area contributed by atoms with E-state index in [4.69, 9.17) is 4.74 Å². The summed E-state index contributed by atoms with van der Waals surface area (Å²) in [6, 6.07) is 0.314. The van der Waals surface area contributed by atoms with Gasteiger partial charge in [0, 0.05) is 18.0 Å². The SMILES string of the molecule is CC1CCC(O)C(C2CCCC(C)N2C(=O)OC(C)(C)C)C1. The number of amides is 1. The van der Waals surface area contributed by atoms with E-state index in [2.05, 4.69) is 13.8 Å². The number of ether oxygens (including phenoxy) is 1. The molecule has 1 N–H and O–H groups in total. The summed E-state index contributed by atoms with van der Waals surface area (Å²) in [6.45, 7) is 10.1. The lowest BCUT2D eigenvalue weighted by Gasteiger charge is -2.47. The maximum absolute atomic E-state index is 12.7. The molecule has 2 rings (SSSR count). The molecular weight excluding hydrogens is 278 g/mol. The zero-order valence-corrected chi connectivity index (χ0v) is 14.8. The molecule has 22 heavy (non-hydrogen) atoms. The number of rotatable bonds is 1. The van der Waals surface area contributed by atoms with Crippen LogP contribution in [0.5, 0.6) is 0 Å². The molecule has 4 heteroatoms. The fourth-order valence-electron chi connectivity index (χ4n) is 4.10. The number of carbonyl (C=O) groups is 1. The Morgan fingerprint density at radius 2 is 1.82 bits per heavy atom. The van der Waals surface area contributed by atoms with Crippen molar-refractivity contribution in [1.29, 1.82) is 0 Å². The minimum Gasteiger partial charge on any atom is -0.444 e. The van der Waals surface area contributed by atoms with E-state index in [1.807, 2.05) is 25.7 Å². The highest BCUT2D eigenvalue weighted by Gasteiger charge is 2.42. The Hall–Kier alpha value is -0.770. The summed E-state index contributed by atoms with van der Waals surface area (Å²) in [6.07, 6.45) is 5.60. The molecule has 128 valence electrons. The molecule has 0 spiro atoms. The Labute approximate surface area is 135 Å². The van der Waals surface area contributed by atoms with Gasteiger partial charge in [-0.3, -0.25) is 0 Å². The third kappa shape index (κ3) is 4.15. The second kappa shape index (κ2) is 6.77. The Morgan fingerprint density at radius 1 is 1.14 bits per heavy atom. The van der Waals surface area contributed by atoms with Crippen molar-refractivity contribution in [2.24, 2.45) is 11.8 Å². The molecule has 0 radical (unpaired) electrons. The molecule has 5 atom stereocenters. The Morgan fingerprint density at radius 3 is 2.45 bits per heavy atom. The normalized spacial score (nSPS) is 37.0. The van der Waals surface area contributed by atoms with Crippen molar-refractivity contribution in [3.8, 4) is 0 Å². The zero-order valence-electron chi connectivity index (χ0n) is 14.8. The summed E-state index contributed by atoms with van der Waals surface area (Å²) in [5.41, 5.74) is -0.475. The number of hydrogen-bond acceptors (Lipinski definition) is 3. The average Bonchev–Trinajstić information content (AvgIpc) is 2.39. The monoisotopic (exact) mass is 311 g/mol. The second-order valence-electron chi connectivity index (χ2n) is 8.38.